The third-order valence-electron chi connectivity index (χ3n) is 4.99. The van der Waals surface area contributed by atoms with Crippen molar-refractivity contribution in [3.8, 4) is 11.5 Å². The highest BCUT2D eigenvalue weighted by atomic mass is 32.2. The van der Waals surface area contributed by atoms with Crippen LogP contribution in [0.4, 0.5) is 5.69 Å². The Hall–Kier alpha value is -3.54. The van der Waals surface area contributed by atoms with Gasteiger partial charge in [0, 0.05) is 23.7 Å². The van der Waals surface area contributed by atoms with E-state index in [0.717, 1.165) is 5.69 Å². The van der Waals surface area contributed by atoms with Crippen molar-refractivity contribution in [1.82, 2.24) is 19.7 Å². The van der Waals surface area contributed by atoms with Crippen molar-refractivity contribution in [2.75, 3.05) is 16.8 Å². The summed E-state index contributed by atoms with van der Waals surface area (Å²) >= 11 is 0. The Labute approximate surface area is 177 Å². The van der Waals surface area contributed by atoms with E-state index in [1.54, 1.807) is 18.3 Å². The summed E-state index contributed by atoms with van der Waals surface area (Å²) in [4.78, 5) is 32.8. The van der Waals surface area contributed by atoms with Crippen LogP contribution in [0.25, 0.3) is 11.5 Å². The zero-order valence-electron chi connectivity index (χ0n) is 16.6. The molecule has 3 N–H and O–H groups in total. The molecule has 2 amide bonds. The molecule has 0 unspecified atom stereocenters. The largest absolute Gasteiger partial charge is 0.444 e. The van der Waals surface area contributed by atoms with E-state index in [-0.39, 0.29) is 40.5 Å². The van der Waals surface area contributed by atoms with Gasteiger partial charge in [0.2, 0.25) is 5.89 Å². The van der Waals surface area contributed by atoms with Crippen LogP contribution in [-0.2, 0) is 9.84 Å². The number of carbonyl (C=O) groups is 2. The number of aryl methyl sites for hydroxylation is 1. The van der Waals surface area contributed by atoms with E-state index >= 15 is 0 Å². The monoisotopic (exact) mass is 444 g/mol. The Balaban J connectivity index is 1.54. The molecule has 12 heteroatoms. The van der Waals surface area contributed by atoms with Crippen LogP contribution in [0.5, 0.6) is 0 Å². The number of nitrogens with one attached hydrogen (secondary N) is 1. The molecular formula is C19H20N6O5S. The first-order valence-electron chi connectivity index (χ1n) is 9.51. The molecule has 11 nitrogen and oxygen atoms in total. The summed E-state index contributed by atoms with van der Waals surface area (Å²) in [5, 5.41) is 6.76. The van der Waals surface area contributed by atoms with Gasteiger partial charge in [0.15, 0.2) is 11.4 Å². The van der Waals surface area contributed by atoms with Crippen LogP contribution in [0, 0.1) is 6.92 Å². The lowest BCUT2D eigenvalue weighted by Crippen LogP contribution is -2.26. The highest BCUT2D eigenvalue weighted by molar-refractivity contribution is 7.91. The van der Waals surface area contributed by atoms with Gasteiger partial charge in [-0.25, -0.2) is 13.4 Å². The molecule has 0 aromatic carbocycles. The minimum atomic E-state index is -3.05. The second kappa shape index (κ2) is 7.95. The Morgan fingerprint density at radius 3 is 2.71 bits per heavy atom. The fourth-order valence-corrected chi connectivity index (χ4v) is 4.84. The van der Waals surface area contributed by atoms with Crippen LogP contribution in [0.1, 0.15) is 45.6 Å². The third-order valence-corrected chi connectivity index (χ3v) is 6.71. The van der Waals surface area contributed by atoms with Crippen molar-refractivity contribution in [1.29, 1.82) is 0 Å². The number of nitrogens with two attached hydrogens (primary N) is 1. The van der Waals surface area contributed by atoms with Crippen LogP contribution >= 0.6 is 0 Å². The van der Waals surface area contributed by atoms with Gasteiger partial charge in [0.1, 0.15) is 16.1 Å². The average molecular weight is 444 g/mol. The molecule has 0 aliphatic carbocycles. The highest BCUT2D eigenvalue weighted by Gasteiger charge is 2.27. The van der Waals surface area contributed by atoms with Crippen LogP contribution in [0.2, 0.25) is 0 Å². The van der Waals surface area contributed by atoms with Crippen LogP contribution in [0.15, 0.2) is 35.2 Å². The molecule has 1 saturated heterocycles. The molecule has 1 aliphatic rings. The van der Waals surface area contributed by atoms with Gasteiger partial charge in [0.25, 0.3) is 11.8 Å². The first-order chi connectivity index (χ1) is 14.7. The summed E-state index contributed by atoms with van der Waals surface area (Å²) in [5.74, 6) is -1.08. The van der Waals surface area contributed by atoms with Crippen molar-refractivity contribution >= 4 is 27.3 Å². The van der Waals surface area contributed by atoms with Crippen molar-refractivity contribution < 1.29 is 22.4 Å². The Morgan fingerprint density at radius 1 is 1.29 bits per heavy atom. The standard InChI is InChI=1S/C19H20N6O5S/c1-11-8-12(2-5-21-11)19-23-15(10-30-19)18(27)22-14-9-25(24-16(14)17(20)26)13-3-6-31(28,29)7-4-13/h2,5,8-10,13H,3-4,6-7H2,1H3,(H2,20,26)(H,22,27). The number of amides is 2. The van der Waals surface area contributed by atoms with Crippen molar-refractivity contribution in [3.05, 3.63) is 47.9 Å². The summed E-state index contributed by atoms with van der Waals surface area (Å²) in [6.07, 6.45) is 5.04. The smallest absolute Gasteiger partial charge is 0.277 e. The number of carbonyl (C=O) groups excluding carboxylic acids is 2. The van der Waals surface area contributed by atoms with Gasteiger partial charge in [-0.05, 0) is 31.9 Å². The van der Waals surface area contributed by atoms with Gasteiger partial charge in [-0.15, -0.1) is 0 Å². The first-order valence-corrected chi connectivity index (χ1v) is 11.3. The molecule has 1 fully saturated rings. The Morgan fingerprint density at radius 2 is 2.03 bits per heavy atom. The quantitative estimate of drug-likeness (QED) is 0.595. The molecule has 3 aromatic rings. The molecule has 1 aliphatic heterocycles. The van der Waals surface area contributed by atoms with Crippen molar-refractivity contribution in [2.24, 2.45) is 5.73 Å². The predicted molar refractivity (Wildman–Crippen MR) is 110 cm³/mol. The van der Waals surface area contributed by atoms with Gasteiger partial charge in [-0.1, -0.05) is 0 Å². The van der Waals surface area contributed by atoms with E-state index in [4.69, 9.17) is 10.2 Å². The van der Waals surface area contributed by atoms with Crippen molar-refractivity contribution in [2.45, 2.75) is 25.8 Å². The normalized spacial score (nSPS) is 16.2. The molecule has 4 rings (SSSR count). The Bertz CT molecular complexity index is 1250. The van der Waals surface area contributed by atoms with E-state index in [2.05, 4.69) is 20.4 Å². The molecule has 4 heterocycles. The molecular weight excluding hydrogens is 424 g/mol. The SMILES string of the molecule is Cc1cc(-c2nc(C(=O)Nc3cn(C4CCS(=O)(=O)CC4)nc3C(N)=O)co2)ccn1. The van der Waals surface area contributed by atoms with Gasteiger partial charge in [-0.2, -0.15) is 5.10 Å². The lowest BCUT2D eigenvalue weighted by Gasteiger charge is -2.22. The van der Waals surface area contributed by atoms with Gasteiger partial charge in [0.05, 0.1) is 23.2 Å². The molecule has 0 bridgehead atoms. The van der Waals surface area contributed by atoms with E-state index in [9.17, 15) is 18.0 Å². The second-order valence-corrected chi connectivity index (χ2v) is 9.60. The number of primary amides is 1. The number of hydrogen-bond donors (Lipinski definition) is 2. The lowest BCUT2D eigenvalue weighted by atomic mass is 10.2. The summed E-state index contributed by atoms with van der Waals surface area (Å²) < 4.78 is 30.2. The molecule has 162 valence electrons. The zero-order valence-corrected chi connectivity index (χ0v) is 17.4. The van der Waals surface area contributed by atoms with Gasteiger partial charge < -0.3 is 15.5 Å². The molecule has 0 atom stereocenters. The highest BCUT2D eigenvalue weighted by Crippen LogP contribution is 2.26. The predicted octanol–water partition coefficient (Wildman–Crippen LogP) is 1.34. The number of sulfone groups is 1. The number of anilines is 1. The van der Waals surface area contributed by atoms with E-state index < -0.39 is 21.7 Å². The van der Waals surface area contributed by atoms with Crippen molar-refractivity contribution in [3.63, 3.8) is 0 Å². The fourth-order valence-electron chi connectivity index (χ4n) is 3.37. The minimum Gasteiger partial charge on any atom is -0.444 e. The summed E-state index contributed by atoms with van der Waals surface area (Å²) in [6, 6.07) is 3.27. The molecule has 0 saturated carbocycles. The number of aromatic nitrogens is 4. The molecule has 0 spiro atoms. The second-order valence-electron chi connectivity index (χ2n) is 7.30. The van der Waals surface area contributed by atoms with Crippen LogP contribution in [-0.4, -0.2) is 51.5 Å². The number of rotatable bonds is 5. The summed E-state index contributed by atoms with van der Waals surface area (Å²) in [7, 11) is -3.05. The van der Waals surface area contributed by atoms with E-state index in [1.807, 2.05) is 6.92 Å². The average Bonchev–Trinajstić information content (AvgIpc) is 3.36. The van der Waals surface area contributed by atoms with E-state index in [0.29, 0.717) is 18.4 Å². The lowest BCUT2D eigenvalue weighted by molar-refractivity contribution is 0.0995. The van der Waals surface area contributed by atoms with E-state index in [1.165, 1.54) is 17.1 Å². The zero-order chi connectivity index (χ0) is 22.2. The van der Waals surface area contributed by atoms with Gasteiger partial charge in [-0.3, -0.25) is 19.3 Å². The topological polar surface area (TPSA) is 163 Å². The fraction of sp³-hybridized carbons (Fsp3) is 0.316. The summed E-state index contributed by atoms with van der Waals surface area (Å²) in [6.45, 7) is 1.82. The van der Waals surface area contributed by atoms with Gasteiger partial charge >= 0.3 is 0 Å². The first kappa shape index (κ1) is 20.7. The van der Waals surface area contributed by atoms with Crippen LogP contribution < -0.4 is 11.1 Å². The summed E-state index contributed by atoms with van der Waals surface area (Å²) in [5.41, 5.74) is 6.87. The molecule has 3 aromatic heterocycles. The molecule has 31 heavy (non-hydrogen) atoms. The third kappa shape index (κ3) is 4.48. The number of oxazole rings is 1. The number of pyridine rings is 1. The molecule has 0 radical (unpaired) electrons. The number of hydrogen-bond acceptors (Lipinski definition) is 8. The maximum absolute atomic E-state index is 12.7. The minimum absolute atomic E-state index is 0.0106. The maximum Gasteiger partial charge on any atom is 0.277 e. The Kier molecular flexibility index (Phi) is 5.31. The van der Waals surface area contributed by atoms with Crippen LogP contribution in [0.3, 0.4) is 0 Å². The number of nitrogens with zero attached hydrogens (tertiary/aromatic N) is 4. The maximum atomic E-state index is 12.7.